The van der Waals surface area contributed by atoms with Crippen molar-refractivity contribution in [1.82, 2.24) is 0 Å². The van der Waals surface area contributed by atoms with E-state index in [2.05, 4.69) is 10.6 Å². The van der Waals surface area contributed by atoms with E-state index >= 15 is 0 Å². The van der Waals surface area contributed by atoms with E-state index in [1.165, 1.54) is 18.2 Å². The van der Waals surface area contributed by atoms with Crippen LogP contribution in [-0.2, 0) is 9.59 Å². The summed E-state index contributed by atoms with van der Waals surface area (Å²) in [6.45, 7) is 0. The maximum absolute atomic E-state index is 12.2. The van der Waals surface area contributed by atoms with Crippen molar-refractivity contribution in [2.75, 3.05) is 16.4 Å². The molecule has 2 aliphatic rings. The molecule has 23 heavy (non-hydrogen) atoms. The molecule has 1 aliphatic carbocycles. The Bertz CT molecular complexity index is 597. The van der Waals surface area contributed by atoms with Crippen LogP contribution in [0.25, 0.3) is 0 Å². The summed E-state index contributed by atoms with van der Waals surface area (Å²) in [7, 11) is 0. The Balaban J connectivity index is 0.00000192. The number of hydrogen-bond acceptors (Lipinski definition) is 4. The number of rotatable bonds is 3. The third-order valence-corrected chi connectivity index (χ3v) is 5.39. The second-order valence-electron chi connectivity index (χ2n) is 6.01. The summed E-state index contributed by atoms with van der Waals surface area (Å²) in [5.41, 5.74) is 7.59. The van der Waals surface area contributed by atoms with Gasteiger partial charge in [0.15, 0.2) is 0 Å². The van der Waals surface area contributed by atoms with Crippen molar-refractivity contribution in [3.63, 3.8) is 0 Å². The number of amides is 2. The highest BCUT2D eigenvalue weighted by Gasteiger charge is 2.24. The minimum absolute atomic E-state index is 0. The van der Waals surface area contributed by atoms with Gasteiger partial charge < -0.3 is 16.4 Å². The maximum atomic E-state index is 12.2. The van der Waals surface area contributed by atoms with Gasteiger partial charge in [0.1, 0.15) is 0 Å². The van der Waals surface area contributed by atoms with E-state index in [9.17, 15) is 9.59 Å². The van der Waals surface area contributed by atoms with Crippen LogP contribution in [0.1, 0.15) is 32.1 Å². The Hall–Kier alpha value is -1.24. The van der Waals surface area contributed by atoms with Gasteiger partial charge in [-0.25, -0.2) is 0 Å². The molecule has 1 aliphatic heterocycles. The van der Waals surface area contributed by atoms with Gasteiger partial charge >= 0.3 is 0 Å². The van der Waals surface area contributed by atoms with Crippen molar-refractivity contribution in [1.29, 1.82) is 0 Å². The number of carbonyl (C=O) groups excluding carboxylic acids is 2. The number of anilines is 2. The molecule has 5 nitrogen and oxygen atoms in total. The number of fused-ring (bicyclic) bond motifs is 1. The molecule has 0 saturated heterocycles. The van der Waals surface area contributed by atoms with Crippen molar-refractivity contribution in [2.45, 2.75) is 43.0 Å². The molecule has 0 spiro atoms. The fraction of sp³-hybridized carbons (Fsp3) is 0.500. The topological polar surface area (TPSA) is 84.2 Å². The lowest BCUT2D eigenvalue weighted by atomic mass is 9.83. The lowest BCUT2D eigenvalue weighted by Crippen LogP contribution is -2.35. The van der Waals surface area contributed by atoms with E-state index < -0.39 is 0 Å². The Morgan fingerprint density at radius 3 is 2.91 bits per heavy atom. The molecule has 0 radical (unpaired) electrons. The Morgan fingerprint density at radius 1 is 1.35 bits per heavy atom. The monoisotopic (exact) mass is 355 g/mol. The van der Waals surface area contributed by atoms with Crippen LogP contribution < -0.4 is 16.4 Å². The van der Waals surface area contributed by atoms with Crippen molar-refractivity contribution in [3.05, 3.63) is 18.2 Å². The van der Waals surface area contributed by atoms with Crippen molar-refractivity contribution in [3.8, 4) is 0 Å². The van der Waals surface area contributed by atoms with Crippen LogP contribution in [0.15, 0.2) is 23.1 Å². The molecule has 3 rings (SSSR count). The Kier molecular flexibility index (Phi) is 6.33. The highest BCUT2D eigenvalue weighted by molar-refractivity contribution is 8.00. The smallest absolute Gasteiger partial charge is 0.234 e. The zero-order valence-electron chi connectivity index (χ0n) is 12.8. The van der Waals surface area contributed by atoms with Gasteiger partial charge in [-0.05, 0) is 37.0 Å². The van der Waals surface area contributed by atoms with Crippen LogP contribution in [0.4, 0.5) is 11.4 Å². The molecule has 1 saturated carbocycles. The molecule has 1 aromatic rings. The first-order chi connectivity index (χ1) is 10.6. The number of carbonyl (C=O) groups is 2. The highest BCUT2D eigenvalue weighted by atomic mass is 35.5. The summed E-state index contributed by atoms with van der Waals surface area (Å²) >= 11 is 1.51. The number of nitrogens with two attached hydrogens (primary N) is 1. The molecular weight excluding hydrogens is 334 g/mol. The molecule has 2 unspecified atom stereocenters. The Morgan fingerprint density at radius 2 is 2.13 bits per heavy atom. The molecule has 0 bridgehead atoms. The quantitative estimate of drug-likeness (QED) is 0.778. The number of halogens is 1. The second kappa shape index (κ2) is 8.04. The maximum Gasteiger partial charge on any atom is 0.234 e. The number of benzene rings is 1. The number of hydrogen-bond donors (Lipinski definition) is 3. The highest BCUT2D eigenvalue weighted by Crippen LogP contribution is 2.33. The van der Waals surface area contributed by atoms with Gasteiger partial charge in [-0.3, -0.25) is 9.59 Å². The third-order valence-electron chi connectivity index (χ3n) is 4.31. The minimum atomic E-state index is -0.00541. The summed E-state index contributed by atoms with van der Waals surface area (Å²) in [4.78, 5) is 24.7. The average molecular weight is 356 g/mol. The first-order valence-corrected chi connectivity index (χ1v) is 8.72. The third kappa shape index (κ3) is 4.62. The molecule has 7 heteroatoms. The van der Waals surface area contributed by atoms with E-state index in [4.69, 9.17) is 5.73 Å². The van der Waals surface area contributed by atoms with E-state index in [-0.39, 0.29) is 36.2 Å². The molecule has 1 aromatic carbocycles. The summed E-state index contributed by atoms with van der Waals surface area (Å²) in [6.07, 6.45) is 4.85. The summed E-state index contributed by atoms with van der Waals surface area (Å²) in [5.74, 6) is 0.714. The fourth-order valence-electron chi connectivity index (χ4n) is 3.10. The van der Waals surface area contributed by atoms with Gasteiger partial charge in [-0.2, -0.15) is 0 Å². The van der Waals surface area contributed by atoms with Crippen LogP contribution in [0.2, 0.25) is 0 Å². The first kappa shape index (κ1) is 18.1. The van der Waals surface area contributed by atoms with Gasteiger partial charge in [0.25, 0.3) is 0 Å². The molecular formula is C16H22ClN3O2S. The van der Waals surface area contributed by atoms with Gasteiger partial charge in [0.2, 0.25) is 11.8 Å². The van der Waals surface area contributed by atoms with Crippen molar-refractivity contribution < 1.29 is 9.59 Å². The van der Waals surface area contributed by atoms with Crippen LogP contribution in [0.5, 0.6) is 0 Å². The molecule has 2 amide bonds. The van der Waals surface area contributed by atoms with Crippen LogP contribution >= 0.6 is 24.2 Å². The van der Waals surface area contributed by atoms with Crippen molar-refractivity contribution in [2.24, 2.45) is 11.7 Å². The zero-order valence-corrected chi connectivity index (χ0v) is 14.5. The predicted octanol–water partition coefficient (Wildman–Crippen LogP) is 3.00. The van der Waals surface area contributed by atoms with Crippen LogP contribution in [-0.4, -0.2) is 23.6 Å². The SMILES string of the molecule is Cl.NC1CCCCC1CC(=O)Nc1ccc2c(c1)NC(=O)CS2. The fourth-order valence-corrected chi connectivity index (χ4v) is 3.89. The summed E-state index contributed by atoms with van der Waals surface area (Å²) in [5, 5.41) is 5.75. The average Bonchev–Trinajstić information content (AvgIpc) is 2.49. The van der Waals surface area contributed by atoms with Gasteiger partial charge in [0, 0.05) is 23.0 Å². The minimum Gasteiger partial charge on any atom is -0.327 e. The van der Waals surface area contributed by atoms with Gasteiger partial charge in [-0.1, -0.05) is 12.8 Å². The zero-order chi connectivity index (χ0) is 15.5. The molecule has 1 heterocycles. The van der Waals surface area contributed by atoms with E-state index in [0.29, 0.717) is 12.2 Å². The lowest BCUT2D eigenvalue weighted by Gasteiger charge is -2.28. The largest absolute Gasteiger partial charge is 0.327 e. The molecule has 2 atom stereocenters. The summed E-state index contributed by atoms with van der Waals surface area (Å²) < 4.78 is 0. The van der Waals surface area contributed by atoms with E-state index in [1.54, 1.807) is 0 Å². The molecule has 126 valence electrons. The molecule has 1 fully saturated rings. The number of thioether (sulfide) groups is 1. The van der Waals surface area contributed by atoms with Gasteiger partial charge in [0.05, 0.1) is 11.4 Å². The lowest BCUT2D eigenvalue weighted by molar-refractivity contribution is -0.117. The normalized spacial score (nSPS) is 23.3. The number of nitrogens with one attached hydrogen (secondary N) is 2. The van der Waals surface area contributed by atoms with Crippen LogP contribution in [0, 0.1) is 5.92 Å². The van der Waals surface area contributed by atoms with Crippen molar-refractivity contribution >= 4 is 47.4 Å². The molecule has 4 N–H and O–H groups in total. The first-order valence-electron chi connectivity index (χ1n) is 7.74. The second-order valence-corrected chi connectivity index (χ2v) is 7.03. The predicted molar refractivity (Wildman–Crippen MR) is 96.2 cm³/mol. The standard InChI is InChI=1S/C16H21N3O2S.ClH/c17-12-4-2-1-3-10(12)7-15(20)18-11-5-6-14-13(8-11)19-16(21)9-22-14;/h5-6,8,10,12H,1-4,7,9,17H2,(H,18,20)(H,19,21);1H. The Labute approximate surface area is 146 Å². The van der Waals surface area contributed by atoms with E-state index in [1.807, 2.05) is 18.2 Å². The van der Waals surface area contributed by atoms with E-state index in [0.717, 1.165) is 35.5 Å². The van der Waals surface area contributed by atoms with Crippen LogP contribution in [0.3, 0.4) is 0 Å². The van der Waals surface area contributed by atoms with Gasteiger partial charge in [-0.15, -0.1) is 24.2 Å². The summed E-state index contributed by atoms with van der Waals surface area (Å²) in [6, 6.07) is 5.76. The molecule has 0 aromatic heterocycles.